The Balaban J connectivity index is 1.72. The molecular weight excluding hydrogens is 482 g/mol. The topological polar surface area (TPSA) is 89.9 Å². The Bertz CT molecular complexity index is 1340. The highest BCUT2D eigenvalue weighted by Gasteiger charge is 2.23. The Kier molecular flexibility index (Phi) is 8.39. The highest BCUT2D eigenvalue weighted by Crippen LogP contribution is 2.31. The molecule has 1 unspecified atom stereocenters. The minimum atomic E-state index is -0.435. The lowest BCUT2D eigenvalue weighted by Crippen LogP contribution is -2.29. The lowest BCUT2D eigenvalue weighted by atomic mass is 10.0. The van der Waals surface area contributed by atoms with Crippen LogP contribution in [0.3, 0.4) is 0 Å². The summed E-state index contributed by atoms with van der Waals surface area (Å²) < 4.78 is 12.4. The van der Waals surface area contributed by atoms with E-state index in [1.54, 1.807) is 38.2 Å². The zero-order valence-electron chi connectivity index (χ0n) is 22.9. The van der Waals surface area contributed by atoms with Crippen LogP contribution >= 0.6 is 0 Å². The maximum absolute atomic E-state index is 13.0. The first-order chi connectivity index (χ1) is 18.2. The molecule has 8 nitrogen and oxygen atoms in total. The predicted octanol–water partition coefficient (Wildman–Crippen LogP) is 4.60. The van der Waals surface area contributed by atoms with Gasteiger partial charge in [0.2, 0.25) is 5.91 Å². The molecule has 1 saturated carbocycles. The molecule has 38 heavy (non-hydrogen) atoms. The van der Waals surface area contributed by atoms with E-state index in [4.69, 9.17) is 9.47 Å². The number of carbonyl (C=O) groups is 3. The second-order valence-corrected chi connectivity index (χ2v) is 10.3. The number of esters is 1. The van der Waals surface area contributed by atoms with E-state index in [2.05, 4.69) is 5.32 Å². The molecule has 1 fully saturated rings. The van der Waals surface area contributed by atoms with Crippen molar-refractivity contribution in [3.05, 3.63) is 64.8 Å². The number of nitrogens with one attached hydrogen (secondary N) is 1. The summed E-state index contributed by atoms with van der Waals surface area (Å²) in [7, 11) is 6.39. The molecule has 0 spiro atoms. The standard InChI is InChI=1S/C30H37N3O5/c1-19(29(35)32(2)3)33-18-24(14-21-10-11-23(30(36)38-5)16-27(21)37-4)25-15-22(12-13-26(25)33)28(34)31-17-20-8-6-7-9-20/h10-13,15-16,18-20H,6-9,14,17H2,1-5H3,(H,31,34). The fourth-order valence-corrected chi connectivity index (χ4v) is 5.31. The predicted molar refractivity (Wildman–Crippen MR) is 147 cm³/mol. The molecule has 1 atom stereocenters. The van der Waals surface area contributed by atoms with E-state index in [0.717, 1.165) is 22.0 Å². The monoisotopic (exact) mass is 519 g/mol. The van der Waals surface area contributed by atoms with Crippen molar-refractivity contribution in [1.82, 2.24) is 14.8 Å². The number of benzene rings is 2. The Morgan fingerprint density at radius 3 is 2.39 bits per heavy atom. The Morgan fingerprint density at radius 2 is 1.74 bits per heavy atom. The first-order valence-electron chi connectivity index (χ1n) is 13.1. The average Bonchev–Trinajstić information content (AvgIpc) is 3.58. The van der Waals surface area contributed by atoms with Crippen LogP contribution in [0.1, 0.15) is 70.5 Å². The number of fused-ring (bicyclic) bond motifs is 1. The van der Waals surface area contributed by atoms with Gasteiger partial charge in [0.15, 0.2) is 0 Å². The van der Waals surface area contributed by atoms with Crippen LogP contribution in [0, 0.1) is 5.92 Å². The lowest BCUT2D eigenvalue weighted by molar-refractivity contribution is -0.131. The van der Waals surface area contributed by atoms with Gasteiger partial charge in [0.1, 0.15) is 11.8 Å². The second kappa shape index (κ2) is 11.7. The van der Waals surface area contributed by atoms with Gasteiger partial charge in [0.05, 0.1) is 19.8 Å². The van der Waals surface area contributed by atoms with Crippen molar-refractivity contribution in [2.24, 2.45) is 5.92 Å². The molecule has 0 bridgehead atoms. The van der Waals surface area contributed by atoms with Gasteiger partial charge in [-0.25, -0.2) is 4.79 Å². The summed E-state index contributed by atoms with van der Waals surface area (Å²) in [5.74, 6) is 0.576. The summed E-state index contributed by atoms with van der Waals surface area (Å²) in [6.45, 7) is 2.57. The van der Waals surface area contributed by atoms with Gasteiger partial charge in [-0.1, -0.05) is 18.9 Å². The number of rotatable bonds is 9. The zero-order chi connectivity index (χ0) is 27.4. The lowest BCUT2D eigenvalue weighted by Gasteiger charge is -2.19. The maximum Gasteiger partial charge on any atom is 0.337 e. The number of nitrogens with zero attached hydrogens (tertiary/aromatic N) is 2. The third-order valence-electron chi connectivity index (χ3n) is 7.51. The van der Waals surface area contributed by atoms with Crippen molar-refractivity contribution >= 4 is 28.7 Å². The summed E-state index contributed by atoms with van der Waals surface area (Å²) in [5.41, 5.74) is 3.70. The van der Waals surface area contributed by atoms with Crippen molar-refractivity contribution in [3.8, 4) is 5.75 Å². The van der Waals surface area contributed by atoms with Crippen LogP contribution in [0.25, 0.3) is 10.9 Å². The molecule has 1 heterocycles. The van der Waals surface area contributed by atoms with Gasteiger partial charge in [0, 0.05) is 49.7 Å². The molecule has 0 aliphatic heterocycles. The molecule has 1 N–H and O–H groups in total. The summed E-state index contributed by atoms with van der Waals surface area (Å²) in [6, 6.07) is 10.5. The summed E-state index contributed by atoms with van der Waals surface area (Å²) in [5, 5.41) is 4.01. The van der Waals surface area contributed by atoms with Crippen LogP contribution < -0.4 is 10.1 Å². The van der Waals surface area contributed by atoms with Crippen LogP contribution in [0.2, 0.25) is 0 Å². The minimum Gasteiger partial charge on any atom is -0.496 e. The van der Waals surface area contributed by atoms with Crippen molar-refractivity contribution in [2.75, 3.05) is 34.9 Å². The molecule has 0 saturated heterocycles. The van der Waals surface area contributed by atoms with Gasteiger partial charge in [-0.2, -0.15) is 0 Å². The summed E-state index contributed by atoms with van der Waals surface area (Å²) >= 11 is 0. The highest BCUT2D eigenvalue weighted by molar-refractivity contribution is 5.99. The Labute approximate surface area is 223 Å². The van der Waals surface area contributed by atoms with Crippen molar-refractivity contribution in [1.29, 1.82) is 0 Å². The number of hydrogen-bond donors (Lipinski definition) is 1. The van der Waals surface area contributed by atoms with E-state index in [1.807, 2.05) is 42.0 Å². The minimum absolute atomic E-state index is 0.0214. The van der Waals surface area contributed by atoms with Crippen LogP contribution in [-0.2, 0) is 16.0 Å². The van der Waals surface area contributed by atoms with Crippen molar-refractivity contribution in [2.45, 2.75) is 45.1 Å². The van der Waals surface area contributed by atoms with Crippen LogP contribution in [0.4, 0.5) is 0 Å². The first kappa shape index (κ1) is 27.2. The number of likely N-dealkylation sites (N-methyl/N-ethyl adjacent to an activating group) is 1. The summed E-state index contributed by atoms with van der Waals surface area (Å²) in [4.78, 5) is 39.5. The Morgan fingerprint density at radius 1 is 1.03 bits per heavy atom. The van der Waals surface area contributed by atoms with E-state index in [1.165, 1.54) is 32.8 Å². The third kappa shape index (κ3) is 5.69. The first-order valence-corrected chi connectivity index (χ1v) is 13.1. The smallest absolute Gasteiger partial charge is 0.337 e. The SMILES string of the molecule is COC(=O)c1ccc(Cc2cn(C(C)C(=O)N(C)C)c3ccc(C(=O)NCC4CCCC4)cc23)c(OC)c1. The van der Waals surface area contributed by atoms with E-state index in [-0.39, 0.29) is 11.8 Å². The third-order valence-corrected chi connectivity index (χ3v) is 7.51. The number of methoxy groups -OCH3 is 2. The maximum atomic E-state index is 13.0. The van der Waals surface area contributed by atoms with E-state index >= 15 is 0 Å². The number of ether oxygens (including phenoxy) is 2. The van der Waals surface area contributed by atoms with Crippen LogP contribution in [-0.4, -0.2) is 62.1 Å². The largest absolute Gasteiger partial charge is 0.496 e. The van der Waals surface area contributed by atoms with E-state index in [9.17, 15) is 14.4 Å². The van der Waals surface area contributed by atoms with Crippen LogP contribution in [0.15, 0.2) is 42.6 Å². The molecule has 8 heteroatoms. The fraction of sp³-hybridized carbons (Fsp3) is 0.433. The number of amides is 2. The number of carbonyl (C=O) groups excluding carboxylic acids is 3. The molecule has 0 radical (unpaired) electrons. The molecule has 3 aromatic rings. The van der Waals surface area contributed by atoms with Gasteiger partial charge in [-0.15, -0.1) is 0 Å². The van der Waals surface area contributed by atoms with Gasteiger partial charge in [0.25, 0.3) is 5.91 Å². The van der Waals surface area contributed by atoms with E-state index < -0.39 is 12.0 Å². The van der Waals surface area contributed by atoms with Gasteiger partial charge < -0.3 is 24.3 Å². The highest BCUT2D eigenvalue weighted by atomic mass is 16.5. The second-order valence-electron chi connectivity index (χ2n) is 10.3. The molecule has 1 aliphatic rings. The molecular formula is C30H37N3O5. The van der Waals surface area contributed by atoms with Gasteiger partial charge in [-0.05, 0) is 67.1 Å². The average molecular weight is 520 g/mol. The molecule has 1 aromatic heterocycles. The summed E-state index contributed by atoms with van der Waals surface area (Å²) in [6.07, 6.45) is 7.27. The molecule has 202 valence electrons. The molecule has 1 aliphatic carbocycles. The normalized spacial score (nSPS) is 14.3. The fourth-order valence-electron chi connectivity index (χ4n) is 5.31. The number of hydrogen-bond acceptors (Lipinski definition) is 5. The van der Waals surface area contributed by atoms with Gasteiger partial charge in [-0.3, -0.25) is 9.59 Å². The molecule has 2 aromatic carbocycles. The molecule has 2 amide bonds. The van der Waals surface area contributed by atoms with Crippen molar-refractivity contribution in [3.63, 3.8) is 0 Å². The number of aromatic nitrogens is 1. The zero-order valence-corrected chi connectivity index (χ0v) is 22.9. The van der Waals surface area contributed by atoms with Gasteiger partial charge >= 0.3 is 5.97 Å². The molecule has 4 rings (SSSR count). The van der Waals surface area contributed by atoms with Crippen molar-refractivity contribution < 1.29 is 23.9 Å². The van der Waals surface area contributed by atoms with Crippen LogP contribution in [0.5, 0.6) is 5.75 Å². The van der Waals surface area contributed by atoms with E-state index in [0.29, 0.717) is 35.8 Å². The Hall–Kier alpha value is -3.81. The quantitative estimate of drug-likeness (QED) is 0.418.